The van der Waals surface area contributed by atoms with Crippen LogP contribution in [-0.4, -0.2) is 34.1 Å². The van der Waals surface area contributed by atoms with Gasteiger partial charge in [-0.25, -0.2) is 0 Å². The number of carbonyl (C=O) groups excluding carboxylic acids is 2. The van der Waals surface area contributed by atoms with Crippen molar-refractivity contribution in [3.05, 3.63) is 86.2 Å². The number of ketones is 2. The lowest BCUT2D eigenvalue weighted by molar-refractivity contribution is -0.137. The van der Waals surface area contributed by atoms with E-state index in [-0.39, 0.29) is 42.0 Å². The minimum atomic E-state index is -0.908. The minimum Gasteiger partial charge on any atom is -0.489 e. The van der Waals surface area contributed by atoms with Crippen molar-refractivity contribution in [2.45, 2.75) is 72.3 Å². The number of hydrogen-bond donors (Lipinski definition) is 1. The molecule has 0 amide bonds. The van der Waals surface area contributed by atoms with Crippen molar-refractivity contribution in [1.29, 1.82) is 0 Å². The zero-order chi connectivity index (χ0) is 29.7. The van der Waals surface area contributed by atoms with Gasteiger partial charge in [-0.15, -0.1) is 0 Å². The second-order valence-corrected chi connectivity index (χ2v) is 13.8. The molecule has 0 fully saturated rings. The van der Waals surface area contributed by atoms with Gasteiger partial charge in [0.1, 0.15) is 12.4 Å². The van der Waals surface area contributed by atoms with Crippen molar-refractivity contribution in [3.8, 4) is 5.75 Å². The van der Waals surface area contributed by atoms with E-state index in [0.29, 0.717) is 52.6 Å². The van der Waals surface area contributed by atoms with Gasteiger partial charge in [-0.3, -0.25) is 14.4 Å². The number of carboxylic acid groups (broad SMARTS) is 1. The van der Waals surface area contributed by atoms with Crippen LogP contribution in [0.3, 0.4) is 0 Å². The summed E-state index contributed by atoms with van der Waals surface area (Å²) in [4.78, 5) is 41.3. The Hall–Kier alpha value is -3.09. The van der Waals surface area contributed by atoms with E-state index >= 15 is 0 Å². The van der Waals surface area contributed by atoms with Gasteiger partial charge in [0.15, 0.2) is 11.6 Å². The third-order valence-electron chi connectivity index (χ3n) is 8.19. The van der Waals surface area contributed by atoms with E-state index in [0.717, 1.165) is 22.5 Å². The van der Waals surface area contributed by atoms with Crippen LogP contribution in [0.15, 0.2) is 65.0 Å². The number of ether oxygens (including phenoxy) is 1. The first-order valence-corrected chi connectivity index (χ1v) is 14.7. The van der Waals surface area contributed by atoms with Crippen molar-refractivity contribution < 1.29 is 24.2 Å². The van der Waals surface area contributed by atoms with Crippen LogP contribution < -0.4 is 4.74 Å². The summed E-state index contributed by atoms with van der Waals surface area (Å²) in [6.45, 7) is 8.77. The summed E-state index contributed by atoms with van der Waals surface area (Å²) >= 11 is 12.3. The van der Waals surface area contributed by atoms with Crippen LogP contribution >= 0.6 is 23.2 Å². The molecule has 3 aliphatic rings. The Morgan fingerprint density at radius 1 is 0.902 bits per heavy atom. The molecule has 1 N–H and O–H groups in total. The highest BCUT2D eigenvalue weighted by atomic mass is 35.5. The van der Waals surface area contributed by atoms with Crippen molar-refractivity contribution >= 4 is 40.7 Å². The van der Waals surface area contributed by atoms with Crippen LogP contribution in [-0.2, 0) is 21.0 Å². The van der Waals surface area contributed by atoms with E-state index in [1.54, 1.807) is 12.1 Å². The second kappa shape index (κ2) is 11.0. The highest BCUT2D eigenvalue weighted by Gasteiger charge is 2.48. The molecule has 0 radical (unpaired) electrons. The molecule has 2 aromatic rings. The molecule has 0 aromatic heterocycles. The number of aliphatic carboxylic acids is 1. The standard InChI is InChI=1S/C33H35Cl2NO5/c1-32(2)14-24-30(26(37)16-32)29(31-25(36(24)12-11-28(39)40)15-33(3,4)17-27(31)38)19-6-9-22(10-7-19)41-18-20-5-8-21(34)13-23(20)35/h5-10,13,29H,11-12,14-18H2,1-4H3,(H,39,40). The van der Waals surface area contributed by atoms with E-state index in [1.165, 1.54) is 0 Å². The van der Waals surface area contributed by atoms with Crippen molar-refractivity contribution in [1.82, 2.24) is 4.90 Å². The van der Waals surface area contributed by atoms with Crippen molar-refractivity contribution in [2.24, 2.45) is 10.8 Å². The predicted molar refractivity (Wildman–Crippen MR) is 159 cm³/mol. The number of benzene rings is 2. The van der Waals surface area contributed by atoms with E-state index in [9.17, 15) is 19.5 Å². The summed E-state index contributed by atoms with van der Waals surface area (Å²) in [6, 6.07) is 12.8. The molecule has 0 saturated carbocycles. The Labute approximate surface area is 251 Å². The van der Waals surface area contributed by atoms with Gasteiger partial charge in [0, 0.05) is 63.5 Å². The molecule has 0 spiro atoms. The van der Waals surface area contributed by atoms with Crippen LogP contribution in [0, 0.1) is 10.8 Å². The number of Topliss-reactive ketones (excluding diaryl/α,β-unsaturated/α-hetero) is 2. The van der Waals surface area contributed by atoms with E-state index in [4.69, 9.17) is 27.9 Å². The summed E-state index contributed by atoms with van der Waals surface area (Å²) < 4.78 is 5.99. The quantitative estimate of drug-likeness (QED) is 0.352. The lowest BCUT2D eigenvalue weighted by Crippen LogP contribution is -2.45. The first-order chi connectivity index (χ1) is 19.2. The highest BCUT2D eigenvalue weighted by molar-refractivity contribution is 6.35. The van der Waals surface area contributed by atoms with Gasteiger partial charge in [0.2, 0.25) is 0 Å². The Morgan fingerprint density at radius 3 is 1.98 bits per heavy atom. The molecular formula is C33H35Cl2NO5. The zero-order valence-electron chi connectivity index (χ0n) is 23.9. The zero-order valence-corrected chi connectivity index (χ0v) is 25.4. The maximum Gasteiger partial charge on any atom is 0.305 e. The van der Waals surface area contributed by atoms with Crippen LogP contribution in [0.25, 0.3) is 0 Å². The number of nitrogens with zero attached hydrogens (tertiary/aromatic N) is 1. The molecule has 8 heteroatoms. The third kappa shape index (κ3) is 6.09. The van der Waals surface area contributed by atoms with Gasteiger partial charge >= 0.3 is 5.97 Å². The molecule has 0 atom stereocenters. The largest absolute Gasteiger partial charge is 0.489 e. The average molecular weight is 597 g/mol. The van der Waals surface area contributed by atoms with Gasteiger partial charge in [0.25, 0.3) is 0 Å². The Balaban J connectivity index is 1.55. The number of carboxylic acids is 1. The van der Waals surface area contributed by atoms with Crippen molar-refractivity contribution in [2.75, 3.05) is 6.54 Å². The first kappa shape index (κ1) is 29.4. The lowest BCUT2D eigenvalue weighted by atomic mass is 9.63. The van der Waals surface area contributed by atoms with Gasteiger partial charge in [-0.2, -0.15) is 0 Å². The third-order valence-corrected chi connectivity index (χ3v) is 8.78. The summed E-state index contributed by atoms with van der Waals surface area (Å²) in [5.74, 6) is -0.732. The highest BCUT2D eigenvalue weighted by Crippen LogP contribution is 2.54. The van der Waals surface area contributed by atoms with E-state index < -0.39 is 11.9 Å². The number of halogens is 2. The SMILES string of the molecule is CC1(C)CC(=O)C2=C(C1)N(CCC(=O)O)C1=C(C(=O)CC(C)(C)C1)C2c1ccc(OCc2ccc(Cl)cc2Cl)cc1. The monoisotopic (exact) mass is 595 g/mol. The van der Waals surface area contributed by atoms with E-state index in [1.807, 2.05) is 35.2 Å². The van der Waals surface area contributed by atoms with Gasteiger partial charge in [-0.1, -0.05) is 69.1 Å². The number of carbonyl (C=O) groups is 3. The average Bonchev–Trinajstić information content (AvgIpc) is 2.85. The van der Waals surface area contributed by atoms with Gasteiger partial charge in [0.05, 0.1) is 6.42 Å². The normalized spacial score (nSPS) is 20.2. The fourth-order valence-corrected chi connectivity index (χ4v) is 6.88. The molecule has 0 unspecified atom stereocenters. The summed E-state index contributed by atoms with van der Waals surface area (Å²) in [6.07, 6.45) is 1.95. The summed E-state index contributed by atoms with van der Waals surface area (Å²) in [5, 5.41) is 10.6. The van der Waals surface area contributed by atoms with Crippen molar-refractivity contribution in [3.63, 3.8) is 0 Å². The molecule has 216 valence electrons. The maximum atomic E-state index is 13.8. The minimum absolute atomic E-state index is 0.0171. The van der Waals surface area contributed by atoms with Crippen LogP contribution in [0.4, 0.5) is 0 Å². The smallest absolute Gasteiger partial charge is 0.305 e. The molecule has 0 saturated heterocycles. The first-order valence-electron chi connectivity index (χ1n) is 13.9. The number of allylic oxidation sites excluding steroid dienone is 4. The second-order valence-electron chi connectivity index (χ2n) is 12.9. The predicted octanol–water partition coefficient (Wildman–Crippen LogP) is 7.73. The fraction of sp³-hybridized carbons (Fsp3) is 0.424. The Bertz CT molecular complexity index is 1430. The molecule has 1 aliphatic heterocycles. The van der Waals surface area contributed by atoms with Crippen LogP contribution in [0.1, 0.15) is 76.8 Å². The van der Waals surface area contributed by atoms with E-state index in [2.05, 4.69) is 27.7 Å². The summed E-state index contributed by atoms with van der Waals surface area (Å²) in [7, 11) is 0. The molecule has 2 aromatic carbocycles. The molecule has 5 rings (SSSR count). The molecular weight excluding hydrogens is 561 g/mol. The molecule has 0 bridgehead atoms. The molecule has 41 heavy (non-hydrogen) atoms. The topological polar surface area (TPSA) is 83.9 Å². The number of rotatable bonds is 7. The van der Waals surface area contributed by atoms with Crippen LogP contribution in [0.2, 0.25) is 10.0 Å². The number of hydrogen-bond acceptors (Lipinski definition) is 5. The fourth-order valence-electron chi connectivity index (χ4n) is 6.41. The van der Waals surface area contributed by atoms with Crippen LogP contribution in [0.5, 0.6) is 5.75 Å². The Morgan fingerprint density at radius 2 is 1.46 bits per heavy atom. The maximum absolute atomic E-state index is 13.8. The molecule has 6 nitrogen and oxygen atoms in total. The molecule has 1 heterocycles. The Kier molecular flexibility index (Phi) is 7.86. The molecule has 2 aliphatic carbocycles. The summed E-state index contributed by atoms with van der Waals surface area (Å²) in [5.41, 5.74) is 4.10. The van der Waals surface area contributed by atoms with Gasteiger partial charge in [-0.05, 0) is 53.5 Å². The lowest BCUT2D eigenvalue weighted by Gasteiger charge is -2.49. The van der Waals surface area contributed by atoms with Gasteiger partial charge < -0.3 is 14.7 Å².